The van der Waals surface area contributed by atoms with E-state index in [-0.39, 0.29) is 0 Å². The molecule has 0 spiro atoms. The second kappa shape index (κ2) is 36.2. The average Bonchev–Trinajstić information content (AvgIpc) is 3.07. The average molecular weight is 664 g/mol. The molecule has 0 radical (unpaired) electrons. The third-order valence-electron chi connectivity index (χ3n) is 6.02. The van der Waals surface area contributed by atoms with Gasteiger partial charge in [-0.2, -0.15) is 0 Å². The number of benzene rings is 1. The van der Waals surface area contributed by atoms with Gasteiger partial charge in [0.1, 0.15) is 12.4 Å². The molecule has 0 heterocycles. The molecule has 1 aromatic rings. The number of unbranched alkanes of at least 4 members (excludes halogenated alkanes) is 2. The van der Waals surface area contributed by atoms with E-state index in [1.807, 2.05) is 18.2 Å². The van der Waals surface area contributed by atoms with Gasteiger partial charge in [0, 0.05) is 6.61 Å². The van der Waals surface area contributed by atoms with Crippen LogP contribution in [0, 0.1) is 0 Å². The number of hydrogen-bond donors (Lipinski definition) is 1. The van der Waals surface area contributed by atoms with Gasteiger partial charge in [-0.15, -0.1) is 0 Å². The summed E-state index contributed by atoms with van der Waals surface area (Å²) in [6.07, 6.45) is 3.54. The molecular weight excluding hydrogens is 602 g/mol. The highest BCUT2D eigenvalue weighted by Crippen LogP contribution is 2.19. The number of rotatable bonds is 38. The van der Waals surface area contributed by atoms with Crippen molar-refractivity contribution >= 4 is 5.69 Å². The summed E-state index contributed by atoms with van der Waals surface area (Å²) in [6.45, 7) is 14.5. The Labute approximate surface area is 276 Å². The Hall–Kier alpha value is -1.62. The second-order valence-corrected chi connectivity index (χ2v) is 9.83. The van der Waals surface area contributed by atoms with Crippen LogP contribution in [-0.4, -0.2) is 152 Å². The van der Waals surface area contributed by atoms with Gasteiger partial charge >= 0.3 is 0 Å². The Bertz CT molecular complexity index is 734. The first-order valence-corrected chi connectivity index (χ1v) is 16.7. The van der Waals surface area contributed by atoms with Crippen LogP contribution in [0.15, 0.2) is 24.3 Å². The molecule has 2 N–H and O–H groups in total. The summed E-state index contributed by atoms with van der Waals surface area (Å²) in [4.78, 5) is 0. The van der Waals surface area contributed by atoms with E-state index < -0.39 is 0 Å². The van der Waals surface area contributed by atoms with Crippen LogP contribution in [0.2, 0.25) is 0 Å². The van der Waals surface area contributed by atoms with Crippen LogP contribution in [0.4, 0.5) is 5.69 Å². The van der Waals surface area contributed by atoms with Gasteiger partial charge in [-0.05, 0) is 18.6 Å². The van der Waals surface area contributed by atoms with E-state index in [1.54, 1.807) is 6.07 Å². The van der Waals surface area contributed by atoms with Crippen LogP contribution in [0.5, 0.6) is 5.75 Å². The molecule has 0 atom stereocenters. The van der Waals surface area contributed by atoms with Crippen molar-refractivity contribution in [3.8, 4) is 5.75 Å². The molecule has 13 nitrogen and oxygen atoms in total. The van der Waals surface area contributed by atoms with Crippen molar-refractivity contribution in [1.82, 2.24) is 0 Å². The monoisotopic (exact) mass is 663 g/mol. The standard InChI is InChI=1S/C33H61NO12/c1-2-3-6-9-35-10-11-36-12-13-37-14-15-38-16-17-39-18-19-40-20-21-41-22-23-42-24-25-43-26-27-44-28-29-45-30-31-46-33-8-5-4-7-32(33)34/h4-5,7-8H,2-3,6,9-31,34H2,1H3. The molecule has 0 aliphatic heterocycles. The number of nitrogen functional groups attached to an aromatic ring is 1. The molecule has 270 valence electrons. The highest BCUT2D eigenvalue weighted by Gasteiger charge is 1.99. The fraction of sp³-hybridized carbons (Fsp3) is 0.818. The van der Waals surface area contributed by atoms with Crippen LogP contribution >= 0.6 is 0 Å². The van der Waals surface area contributed by atoms with Gasteiger partial charge in [-0.25, -0.2) is 0 Å². The third kappa shape index (κ3) is 31.0. The van der Waals surface area contributed by atoms with Crippen molar-refractivity contribution in [3.05, 3.63) is 24.3 Å². The predicted octanol–water partition coefficient (Wildman–Crippen LogP) is 3.02. The molecular formula is C33H61NO12. The van der Waals surface area contributed by atoms with E-state index in [2.05, 4.69) is 6.92 Å². The third-order valence-corrected chi connectivity index (χ3v) is 6.02. The minimum absolute atomic E-state index is 0.439. The topological polar surface area (TPSA) is 137 Å². The summed E-state index contributed by atoms with van der Waals surface area (Å²) < 4.78 is 65.8. The van der Waals surface area contributed by atoms with Gasteiger partial charge < -0.3 is 62.6 Å². The first-order chi connectivity index (χ1) is 22.8. The van der Waals surface area contributed by atoms with E-state index in [9.17, 15) is 0 Å². The van der Waals surface area contributed by atoms with Gasteiger partial charge in [-0.1, -0.05) is 31.9 Å². The molecule has 0 aliphatic rings. The number of hydrogen-bond acceptors (Lipinski definition) is 13. The molecule has 0 saturated heterocycles. The summed E-state index contributed by atoms with van der Waals surface area (Å²) in [6, 6.07) is 7.38. The van der Waals surface area contributed by atoms with Gasteiger partial charge in [0.2, 0.25) is 0 Å². The van der Waals surface area contributed by atoms with Crippen LogP contribution in [0.3, 0.4) is 0 Å². The van der Waals surface area contributed by atoms with Gasteiger partial charge in [-0.3, -0.25) is 0 Å². The van der Waals surface area contributed by atoms with E-state index in [1.165, 1.54) is 12.8 Å². The molecule has 0 aliphatic carbocycles. The Balaban J connectivity index is 1.62. The Morgan fingerprint density at radius 3 is 0.957 bits per heavy atom. The molecule has 0 aromatic heterocycles. The van der Waals surface area contributed by atoms with Crippen LogP contribution in [0.1, 0.15) is 26.2 Å². The smallest absolute Gasteiger partial charge is 0.142 e. The van der Waals surface area contributed by atoms with Gasteiger partial charge in [0.15, 0.2) is 0 Å². The number of ether oxygens (including phenoxy) is 12. The molecule has 0 amide bonds. The molecule has 0 saturated carbocycles. The van der Waals surface area contributed by atoms with E-state index >= 15 is 0 Å². The molecule has 0 bridgehead atoms. The molecule has 0 fully saturated rings. The zero-order valence-electron chi connectivity index (χ0n) is 28.2. The molecule has 1 rings (SSSR count). The second-order valence-electron chi connectivity index (χ2n) is 9.83. The quantitative estimate of drug-likeness (QED) is 0.0821. The lowest BCUT2D eigenvalue weighted by atomic mass is 10.3. The first kappa shape index (κ1) is 42.4. The minimum atomic E-state index is 0.439. The Morgan fingerprint density at radius 2 is 0.652 bits per heavy atom. The summed E-state index contributed by atoms with van der Waals surface area (Å²) >= 11 is 0. The maximum absolute atomic E-state index is 5.82. The SMILES string of the molecule is CCCCCOCCOCCOCCOCCOCCOCCOCCOCCOCCOCCOCCOc1ccccc1N. The number of anilines is 1. The molecule has 0 unspecified atom stereocenters. The van der Waals surface area contributed by atoms with Crippen LogP contribution < -0.4 is 10.5 Å². The summed E-state index contributed by atoms with van der Waals surface area (Å²) in [5, 5.41) is 0. The largest absolute Gasteiger partial charge is 0.489 e. The number of nitrogens with two attached hydrogens (primary N) is 1. The van der Waals surface area contributed by atoms with Crippen LogP contribution in [-0.2, 0) is 52.1 Å². The molecule has 46 heavy (non-hydrogen) atoms. The number of para-hydroxylation sites is 2. The Morgan fingerprint density at radius 1 is 0.370 bits per heavy atom. The highest BCUT2D eigenvalue weighted by atomic mass is 16.6. The lowest BCUT2D eigenvalue weighted by Crippen LogP contribution is -2.15. The highest BCUT2D eigenvalue weighted by molar-refractivity contribution is 5.51. The van der Waals surface area contributed by atoms with Crippen molar-refractivity contribution in [1.29, 1.82) is 0 Å². The fourth-order valence-electron chi connectivity index (χ4n) is 3.58. The lowest BCUT2D eigenvalue weighted by molar-refractivity contribution is -0.0277. The van der Waals surface area contributed by atoms with E-state index in [0.29, 0.717) is 157 Å². The molecule has 1 aromatic carbocycles. The maximum Gasteiger partial charge on any atom is 0.142 e. The normalized spacial score (nSPS) is 11.4. The molecule has 13 heteroatoms. The van der Waals surface area contributed by atoms with Gasteiger partial charge in [0.25, 0.3) is 0 Å². The van der Waals surface area contributed by atoms with Crippen molar-refractivity contribution < 1.29 is 56.8 Å². The van der Waals surface area contributed by atoms with Crippen molar-refractivity contribution in [3.63, 3.8) is 0 Å². The van der Waals surface area contributed by atoms with Crippen molar-refractivity contribution in [2.24, 2.45) is 0 Å². The Kier molecular flexibility index (Phi) is 33.4. The van der Waals surface area contributed by atoms with Crippen LogP contribution in [0.25, 0.3) is 0 Å². The van der Waals surface area contributed by atoms with E-state index in [4.69, 9.17) is 62.6 Å². The minimum Gasteiger partial charge on any atom is -0.489 e. The van der Waals surface area contributed by atoms with Gasteiger partial charge in [0.05, 0.1) is 144 Å². The maximum atomic E-state index is 5.82. The first-order valence-electron chi connectivity index (χ1n) is 16.7. The summed E-state index contributed by atoms with van der Waals surface area (Å²) in [7, 11) is 0. The zero-order chi connectivity index (χ0) is 32.9. The van der Waals surface area contributed by atoms with Crippen molar-refractivity contribution in [2.45, 2.75) is 26.2 Å². The zero-order valence-corrected chi connectivity index (χ0v) is 28.2. The lowest BCUT2D eigenvalue weighted by Gasteiger charge is -2.10. The van der Waals surface area contributed by atoms with E-state index in [0.717, 1.165) is 13.0 Å². The van der Waals surface area contributed by atoms with Crippen molar-refractivity contribution in [2.75, 3.05) is 158 Å². The predicted molar refractivity (Wildman–Crippen MR) is 175 cm³/mol. The summed E-state index contributed by atoms with van der Waals surface area (Å²) in [5.41, 5.74) is 6.44. The summed E-state index contributed by atoms with van der Waals surface area (Å²) in [5.74, 6) is 0.670. The fourth-order valence-corrected chi connectivity index (χ4v) is 3.58.